The van der Waals surface area contributed by atoms with Gasteiger partial charge >= 0.3 is 6.18 Å². The molecule has 0 atom stereocenters. The number of rotatable bonds is 5. The zero-order valence-corrected chi connectivity index (χ0v) is 15.1. The molecule has 28 heavy (non-hydrogen) atoms. The Bertz CT molecular complexity index is 1040. The van der Waals surface area contributed by atoms with Gasteiger partial charge in [-0.3, -0.25) is 9.48 Å². The van der Waals surface area contributed by atoms with Crippen molar-refractivity contribution in [1.29, 1.82) is 0 Å². The van der Waals surface area contributed by atoms with Gasteiger partial charge < -0.3 is 4.74 Å². The number of carbonyl (C=O) groups excluding carboxylic acids is 1. The van der Waals surface area contributed by atoms with E-state index >= 15 is 0 Å². The molecule has 3 rings (SSSR count). The van der Waals surface area contributed by atoms with Crippen LogP contribution in [0, 0.1) is 0 Å². The van der Waals surface area contributed by atoms with Crippen molar-refractivity contribution >= 4 is 22.4 Å². The van der Waals surface area contributed by atoms with Crippen molar-refractivity contribution in [3.05, 3.63) is 59.9 Å². The van der Waals surface area contributed by atoms with Crippen LogP contribution in [0.5, 0.6) is 5.75 Å². The molecule has 1 amide bonds. The zero-order valence-electron chi connectivity index (χ0n) is 15.1. The molecule has 0 fully saturated rings. The SMILES string of the molecule is COc1ccc2cc(/C(C)=N\NC(=O)Cn3ccc(C(F)(F)F)n3)ccc2c1. The molecule has 0 saturated carbocycles. The van der Waals surface area contributed by atoms with E-state index in [0.29, 0.717) is 5.71 Å². The predicted octanol–water partition coefficient (Wildman–Crippen LogP) is 3.60. The van der Waals surface area contributed by atoms with Gasteiger partial charge in [0.15, 0.2) is 5.69 Å². The molecule has 146 valence electrons. The summed E-state index contributed by atoms with van der Waals surface area (Å²) in [4.78, 5) is 11.9. The van der Waals surface area contributed by atoms with Crippen molar-refractivity contribution in [3.8, 4) is 5.75 Å². The molecule has 9 heteroatoms. The van der Waals surface area contributed by atoms with Crippen molar-refractivity contribution < 1.29 is 22.7 Å². The average molecular weight is 390 g/mol. The van der Waals surface area contributed by atoms with E-state index in [2.05, 4.69) is 15.6 Å². The Morgan fingerprint density at radius 3 is 2.57 bits per heavy atom. The molecular formula is C19H17F3N4O2. The zero-order chi connectivity index (χ0) is 20.3. The van der Waals surface area contributed by atoms with Gasteiger partial charge in [0, 0.05) is 6.20 Å². The van der Waals surface area contributed by atoms with E-state index in [1.54, 1.807) is 14.0 Å². The lowest BCUT2D eigenvalue weighted by atomic mass is 10.0. The number of hydrogen-bond donors (Lipinski definition) is 1. The van der Waals surface area contributed by atoms with Gasteiger partial charge in [-0.25, -0.2) is 5.43 Å². The average Bonchev–Trinajstić information content (AvgIpc) is 3.14. The summed E-state index contributed by atoms with van der Waals surface area (Å²) in [5.74, 6) is 0.173. The lowest BCUT2D eigenvalue weighted by Crippen LogP contribution is -2.24. The number of nitrogens with zero attached hydrogens (tertiary/aromatic N) is 3. The summed E-state index contributed by atoms with van der Waals surface area (Å²) in [5.41, 5.74) is 2.64. The van der Waals surface area contributed by atoms with Crippen LogP contribution in [0.2, 0.25) is 0 Å². The van der Waals surface area contributed by atoms with Crippen molar-refractivity contribution in [2.24, 2.45) is 5.10 Å². The first-order valence-corrected chi connectivity index (χ1v) is 8.28. The standard InChI is InChI=1S/C19H17F3N4O2/c1-12(13-3-4-15-10-16(28-2)6-5-14(15)9-13)23-24-18(27)11-26-8-7-17(25-26)19(20,21)22/h3-10H,11H2,1-2H3,(H,24,27)/b23-12-. The van der Waals surface area contributed by atoms with Gasteiger partial charge in [0.25, 0.3) is 5.91 Å². The Morgan fingerprint density at radius 1 is 1.18 bits per heavy atom. The maximum Gasteiger partial charge on any atom is 0.435 e. The monoisotopic (exact) mass is 390 g/mol. The van der Waals surface area contributed by atoms with Crippen LogP contribution in [0.1, 0.15) is 18.2 Å². The van der Waals surface area contributed by atoms with Crippen LogP contribution in [0.3, 0.4) is 0 Å². The predicted molar refractivity (Wildman–Crippen MR) is 98.1 cm³/mol. The Labute approximate surface area is 158 Å². The smallest absolute Gasteiger partial charge is 0.435 e. The van der Waals surface area contributed by atoms with Crippen molar-refractivity contribution in [3.63, 3.8) is 0 Å². The molecule has 0 aliphatic rings. The highest BCUT2D eigenvalue weighted by atomic mass is 19.4. The van der Waals surface area contributed by atoms with Gasteiger partial charge in [-0.2, -0.15) is 23.4 Å². The number of alkyl halides is 3. The van der Waals surface area contributed by atoms with E-state index in [0.717, 1.165) is 39.0 Å². The second kappa shape index (κ2) is 7.71. The fourth-order valence-electron chi connectivity index (χ4n) is 2.57. The van der Waals surface area contributed by atoms with Crippen LogP contribution < -0.4 is 10.2 Å². The van der Waals surface area contributed by atoms with Crippen LogP contribution >= 0.6 is 0 Å². The molecule has 0 aliphatic heterocycles. The summed E-state index contributed by atoms with van der Waals surface area (Å²) < 4.78 is 43.7. The first-order chi connectivity index (χ1) is 13.3. The van der Waals surface area contributed by atoms with Crippen LogP contribution in [-0.2, 0) is 17.5 Å². The van der Waals surface area contributed by atoms with Crippen molar-refractivity contribution in [1.82, 2.24) is 15.2 Å². The summed E-state index contributed by atoms with van der Waals surface area (Å²) >= 11 is 0. The lowest BCUT2D eigenvalue weighted by Gasteiger charge is -2.06. The molecule has 0 bridgehead atoms. The van der Waals surface area contributed by atoms with Gasteiger partial charge in [-0.05, 0) is 47.5 Å². The van der Waals surface area contributed by atoms with E-state index < -0.39 is 17.8 Å². The number of methoxy groups -OCH3 is 1. The number of fused-ring (bicyclic) bond motifs is 1. The second-order valence-electron chi connectivity index (χ2n) is 6.06. The minimum absolute atomic E-state index is 0.371. The van der Waals surface area contributed by atoms with Gasteiger partial charge in [0.1, 0.15) is 12.3 Å². The third-order valence-corrected chi connectivity index (χ3v) is 4.05. The fourth-order valence-corrected chi connectivity index (χ4v) is 2.57. The molecule has 3 aromatic rings. The minimum atomic E-state index is -4.55. The van der Waals surface area contributed by atoms with Gasteiger partial charge in [0.2, 0.25) is 0 Å². The number of benzene rings is 2. The Kier molecular flexibility index (Phi) is 5.34. The first-order valence-electron chi connectivity index (χ1n) is 8.28. The van der Waals surface area contributed by atoms with Gasteiger partial charge in [0.05, 0.1) is 12.8 Å². The molecule has 0 saturated heterocycles. The quantitative estimate of drug-likeness (QED) is 0.535. The van der Waals surface area contributed by atoms with E-state index in [1.165, 1.54) is 0 Å². The van der Waals surface area contributed by atoms with Crippen LogP contribution in [0.25, 0.3) is 10.8 Å². The summed E-state index contributed by atoms with van der Waals surface area (Å²) in [5, 5.41) is 9.32. The largest absolute Gasteiger partial charge is 0.497 e. The third kappa shape index (κ3) is 4.48. The molecule has 0 aliphatic carbocycles. The topological polar surface area (TPSA) is 68.5 Å². The maximum absolute atomic E-state index is 12.5. The second-order valence-corrected chi connectivity index (χ2v) is 6.06. The lowest BCUT2D eigenvalue weighted by molar-refractivity contribution is -0.141. The molecule has 0 radical (unpaired) electrons. The highest BCUT2D eigenvalue weighted by Crippen LogP contribution is 2.27. The molecule has 1 N–H and O–H groups in total. The number of hydrogen-bond acceptors (Lipinski definition) is 4. The summed E-state index contributed by atoms with van der Waals surface area (Å²) in [6, 6.07) is 12.2. The third-order valence-electron chi connectivity index (χ3n) is 4.05. The number of hydrazone groups is 1. The number of carbonyl (C=O) groups is 1. The number of nitrogens with one attached hydrogen (secondary N) is 1. The Morgan fingerprint density at radius 2 is 1.89 bits per heavy atom. The summed E-state index contributed by atoms with van der Waals surface area (Å²) in [6.07, 6.45) is -3.45. The number of amides is 1. The van der Waals surface area contributed by atoms with Crippen LogP contribution in [0.15, 0.2) is 53.8 Å². The van der Waals surface area contributed by atoms with Gasteiger partial charge in [-0.1, -0.05) is 18.2 Å². The molecule has 0 spiro atoms. The van der Waals surface area contributed by atoms with Crippen molar-refractivity contribution in [2.45, 2.75) is 19.6 Å². The molecule has 2 aromatic carbocycles. The Hall–Kier alpha value is -3.36. The highest BCUT2D eigenvalue weighted by Gasteiger charge is 2.33. The molecule has 1 heterocycles. The van der Waals surface area contributed by atoms with E-state index in [1.807, 2.05) is 36.4 Å². The number of halogens is 3. The van der Waals surface area contributed by atoms with Crippen LogP contribution in [0.4, 0.5) is 13.2 Å². The molecule has 1 aromatic heterocycles. The Balaban J connectivity index is 1.67. The number of aromatic nitrogens is 2. The minimum Gasteiger partial charge on any atom is -0.497 e. The first kappa shape index (κ1) is 19.4. The van der Waals surface area contributed by atoms with Crippen LogP contribution in [-0.4, -0.2) is 28.5 Å². The van der Waals surface area contributed by atoms with Gasteiger partial charge in [-0.15, -0.1) is 0 Å². The normalized spacial score (nSPS) is 12.2. The molecule has 6 nitrogen and oxygen atoms in total. The number of ether oxygens (including phenoxy) is 1. The highest BCUT2D eigenvalue weighted by molar-refractivity contribution is 6.02. The van der Waals surface area contributed by atoms with E-state index in [9.17, 15) is 18.0 Å². The maximum atomic E-state index is 12.5. The molecule has 0 unspecified atom stereocenters. The fraction of sp³-hybridized carbons (Fsp3) is 0.211. The summed E-state index contributed by atoms with van der Waals surface area (Å²) in [7, 11) is 1.60. The van der Waals surface area contributed by atoms with E-state index in [-0.39, 0.29) is 6.54 Å². The molecular weight excluding hydrogens is 373 g/mol. The van der Waals surface area contributed by atoms with Crippen molar-refractivity contribution in [2.75, 3.05) is 7.11 Å². The van der Waals surface area contributed by atoms with E-state index in [4.69, 9.17) is 4.74 Å². The summed E-state index contributed by atoms with van der Waals surface area (Å²) in [6.45, 7) is 1.35.